The smallest absolute Gasteiger partial charge is 0.313 e. The number of carboxylic acids is 1. The summed E-state index contributed by atoms with van der Waals surface area (Å²) in [6, 6.07) is 7.19. The SMILES string of the molecule is COCC1(C(=O)O)CCCN(C(=O)Cc2ccccc2Cl)C1. The van der Waals surface area contributed by atoms with Gasteiger partial charge in [-0.25, -0.2) is 0 Å². The van der Waals surface area contributed by atoms with Crippen LogP contribution in [-0.4, -0.2) is 48.7 Å². The molecule has 0 aliphatic carbocycles. The third-order valence-electron chi connectivity index (χ3n) is 4.10. The molecule has 1 fully saturated rings. The Balaban J connectivity index is 2.10. The van der Waals surface area contributed by atoms with E-state index >= 15 is 0 Å². The number of likely N-dealkylation sites (tertiary alicyclic amines) is 1. The number of halogens is 1. The molecule has 0 radical (unpaired) electrons. The van der Waals surface area contributed by atoms with E-state index in [2.05, 4.69) is 0 Å². The second-order valence-corrected chi connectivity index (χ2v) is 6.11. The number of methoxy groups -OCH3 is 1. The Morgan fingerprint density at radius 2 is 2.14 bits per heavy atom. The van der Waals surface area contributed by atoms with Crippen molar-refractivity contribution in [1.29, 1.82) is 0 Å². The van der Waals surface area contributed by atoms with Crippen LogP contribution in [0, 0.1) is 5.41 Å². The zero-order valence-corrected chi connectivity index (χ0v) is 13.3. The fourth-order valence-corrected chi connectivity index (χ4v) is 3.09. The quantitative estimate of drug-likeness (QED) is 0.901. The number of carbonyl (C=O) groups excluding carboxylic acids is 1. The maximum absolute atomic E-state index is 12.5. The molecule has 1 amide bonds. The fourth-order valence-electron chi connectivity index (χ4n) is 2.89. The first-order valence-electron chi connectivity index (χ1n) is 7.22. The van der Waals surface area contributed by atoms with Crippen LogP contribution >= 0.6 is 11.6 Å². The van der Waals surface area contributed by atoms with Crippen molar-refractivity contribution in [3.05, 3.63) is 34.9 Å². The van der Waals surface area contributed by atoms with Gasteiger partial charge in [0.1, 0.15) is 5.41 Å². The third kappa shape index (κ3) is 3.59. The minimum atomic E-state index is -1.01. The van der Waals surface area contributed by atoms with E-state index in [4.69, 9.17) is 16.3 Å². The Kier molecular flexibility index (Phi) is 5.42. The number of carboxylic acid groups (broad SMARTS) is 1. The Morgan fingerprint density at radius 1 is 1.41 bits per heavy atom. The summed E-state index contributed by atoms with van der Waals surface area (Å²) in [5.74, 6) is -1.01. The Hall–Kier alpha value is -1.59. The average molecular weight is 326 g/mol. The van der Waals surface area contributed by atoms with Gasteiger partial charge >= 0.3 is 5.97 Å². The summed E-state index contributed by atoms with van der Waals surface area (Å²) in [6.45, 7) is 0.861. The number of nitrogens with zero attached hydrogens (tertiary/aromatic N) is 1. The summed E-state index contributed by atoms with van der Waals surface area (Å²) < 4.78 is 5.07. The molecule has 1 aromatic rings. The van der Waals surface area contributed by atoms with E-state index in [1.54, 1.807) is 11.0 Å². The van der Waals surface area contributed by atoms with E-state index in [1.165, 1.54) is 7.11 Å². The van der Waals surface area contributed by atoms with Crippen molar-refractivity contribution in [2.24, 2.45) is 5.41 Å². The third-order valence-corrected chi connectivity index (χ3v) is 4.47. The molecule has 0 spiro atoms. The summed E-state index contributed by atoms with van der Waals surface area (Å²) >= 11 is 6.08. The number of amides is 1. The second-order valence-electron chi connectivity index (χ2n) is 5.71. The number of benzene rings is 1. The molecule has 0 bridgehead atoms. The van der Waals surface area contributed by atoms with Gasteiger partial charge in [0.15, 0.2) is 0 Å². The van der Waals surface area contributed by atoms with Gasteiger partial charge in [-0.1, -0.05) is 29.8 Å². The summed E-state index contributed by atoms with van der Waals surface area (Å²) in [5.41, 5.74) is -0.254. The Labute approximate surface area is 134 Å². The lowest BCUT2D eigenvalue weighted by Crippen LogP contribution is -2.52. The lowest BCUT2D eigenvalue weighted by Gasteiger charge is -2.39. The number of ether oxygens (including phenoxy) is 1. The van der Waals surface area contributed by atoms with Gasteiger partial charge in [-0.05, 0) is 24.5 Å². The summed E-state index contributed by atoms with van der Waals surface area (Å²) in [7, 11) is 1.48. The van der Waals surface area contributed by atoms with E-state index in [0.717, 1.165) is 5.56 Å². The average Bonchev–Trinajstić information content (AvgIpc) is 2.50. The second kappa shape index (κ2) is 7.11. The molecule has 1 aromatic carbocycles. The highest BCUT2D eigenvalue weighted by Crippen LogP contribution is 2.31. The van der Waals surface area contributed by atoms with Crippen LogP contribution in [-0.2, 0) is 20.7 Å². The first-order chi connectivity index (χ1) is 10.5. The van der Waals surface area contributed by atoms with Gasteiger partial charge in [0.2, 0.25) is 5.91 Å². The van der Waals surface area contributed by atoms with Crippen LogP contribution in [0.3, 0.4) is 0 Å². The van der Waals surface area contributed by atoms with E-state index in [-0.39, 0.29) is 25.5 Å². The summed E-state index contributed by atoms with van der Waals surface area (Å²) in [5, 5.41) is 10.1. The standard InChI is InChI=1S/C16H20ClNO4/c1-22-11-16(15(20)21)7-4-8-18(10-16)14(19)9-12-5-2-3-6-13(12)17/h2-3,5-6H,4,7-11H2,1H3,(H,20,21). The van der Waals surface area contributed by atoms with Crippen LogP contribution in [0.1, 0.15) is 18.4 Å². The van der Waals surface area contributed by atoms with Gasteiger partial charge in [-0.3, -0.25) is 9.59 Å². The summed E-state index contributed by atoms with van der Waals surface area (Å²) in [4.78, 5) is 25.7. The maximum Gasteiger partial charge on any atom is 0.313 e. The van der Waals surface area contributed by atoms with Gasteiger partial charge in [0.05, 0.1) is 13.0 Å². The predicted molar refractivity (Wildman–Crippen MR) is 82.9 cm³/mol. The van der Waals surface area contributed by atoms with E-state index in [0.29, 0.717) is 24.4 Å². The zero-order valence-electron chi connectivity index (χ0n) is 12.5. The van der Waals surface area contributed by atoms with E-state index < -0.39 is 11.4 Å². The van der Waals surface area contributed by atoms with Crippen molar-refractivity contribution in [3.63, 3.8) is 0 Å². The van der Waals surface area contributed by atoms with Crippen LogP contribution in [0.2, 0.25) is 5.02 Å². The predicted octanol–water partition coefficient (Wildman–Crippen LogP) is 2.22. The molecule has 1 aliphatic rings. The number of piperidine rings is 1. The molecular formula is C16H20ClNO4. The molecule has 22 heavy (non-hydrogen) atoms. The first kappa shape index (κ1) is 16.8. The number of carbonyl (C=O) groups is 2. The monoisotopic (exact) mass is 325 g/mol. The van der Waals surface area contributed by atoms with Crippen molar-refractivity contribution in [2.45, 2.75) is 19.3 Å². The number of hydrogen-bond acceptors (Lipinski definition) is 3. The highest BCUT2D eigenvalue weighted by molar-refractivity contribution is 6.31. The minimum absolute atomic E-state index is 0.102. The van der Waals surface area contributed by atoms with Crippen LogP contribution in [0.4, 0.5) is 0 Å². The Bertz CT molecular complexity index is 559. The number of aliphatic carboxylic acids is 1. The van der Waals surface area contributed by atoms with Crippen LogP contribution in [0.15, 0.2) is 24.3 Å². The number of rotatable bonds is 5. The lowest BCUT2D eigenvalue weighted by molar-refractivity contribution is -0.159. The van der Waals surface area contributed by atoms with Gasteiger partial charge in [-0.2, -0.15) is 0 Å². The molecule has 1 saturated heterocycles. The first-order valence-corrected chi connectivity index (χ1v) is 7.60. The molecule has 120 valence electrons. The topological polar surface area (TPSA) is 66.8 Å². The molecule has 5 nitrogen and oxygen atoms in total. The van der Waals surface area contributed by atoms with Crippen LogP contribution in [0.5, 0.6) is 0 Å². The molecule has 1 unspecified atom stereocenters. The molecule has 6 heteroatoms. The van der Waals surface area contributed by atoms with Crippen molar-refractivity contribution in [2.75, 3.05) is 26.8 Å². The van der Waals surface area contributed by atoms with E-state index in [9.17, 15) is 14.7 Å². The largest absolute Gasteiger partial charge is 0.481 e. The highest BCUT2D eigenvalue weighted by Gasteiger charge is 2.43. The van der Waals surface area contributed by atoms with Gasteiger partial charge in [-0.15, -0.1) is 0 Å². The molecule has 1 N–H and O–H groups in total. The maximum atomic E-state index is 12.5. The highest BCUT2D eigenvalue weighted by atomic mass is 35.5. The van der Waals surface area contributed by atoms with Crippen molar-refractivity contribution >= 4 is 23.5 Å². The van der Waals surface area contributed by atoms with E-state index in [1.807, 2.05) is 18.2 Å². The number of hydrogen-bond donors (Lipinski definition) is 1. The fraction of sp³-hybridized carbons (Fsp3) is 0.500. The van der Waals surface area contributed by atoms with Crippen molar-refractivity contribution < 1.29 is 19.4 Å². The molecule has 1 aliphatic heterocycles. The normalized spacial score (nSPS) is 21.6. The van der Waals surface area contributed by atoms with Crippen LogP contribution < -0.4 is 0 Å². The van der Waals surface area contributed by atoms with Gasteiger partial charge < -0.3 is 14.7 Å². The van der Waals surface area contributed by atoms with Gasteiger partial charge in [0.25, 0.3) is 0 Å². The zero-order chi connectivity index (χ0) is 16.2. The Morgan fingerprint density at radius 3 is 2.77 bits per heavy atom. The molecule has 2 rings (SSSR count). The summed E-state index contributed by atoms with van der Waals surface area (Å²) in [6.07, 6.45) is 1.36. The van der Waals surface area contributed by atoms with Crippen LogP contribution in [0.25, 0.3) is 0 Å². The van der Waals surface area contributed by atoms with Gasteiger partial charge in [0, 0.05) is 25.2 Å². The molecule has 0 aromatic heterocycles. The minimum Gasteiger partial charge on any atom is -0.481 e. The lowest BCUT2D eigenvalue weighted by atomic mass is 9.80. The van der Waals surface area contributed by atoms with Crippen molar-refractivity contribution in [1.82, 2.24) is 4.90 Å². The molecule has 0 saturated carbocycles. The molecular weight excluding hydrogens is 306 g/mol. The van der Waals surface area contributed by atoms with Crippen molar-refractivity contribution in [3.8, 4) is 0 Å². The molecule has 1 heterocycles. The molecule has 1 atom stereocenters.